The maximum absolute atomic E-state index is 11.5. The molecule has 2 N–H and O–H groups in total. The van der Waals surface area contributed by atoms with E-state index < -0.39 is 0 Å². The van der Waals surface area contributed by atoms with Crippen LogP contribution in [0.4, 0.5) is 5.82 Å². The lowest BCUT2D eigenvalue weighted by molar-refractivity contribution is -0.121. The second-order valence-electron chi connectivity index (χ2n) is 3.18. The Morgan fingerprint density at radius 3 is 3.00 bits per heavy atom. The van der Waals surface area contributed by atoms with Crippen LogP contribution >= 0.6 is 0 Å². The molecule has 0 aromatic carbocycles. The number of aryl methyl sites for hydroxylation is 1. The fourth-order valence-corrected chi connectivity index (χ4v) is 1.20. The highest BCUT2D eigenvalue weighted by Gasteiger charge is 2.25. The summed E-state index contributed by atoms with van der Waals surface area (Å²) in [5.74, 6) is 0.939. The Bertz CT molecular complexity index is 316. The molecule has 0 spiro atoms. The Balaban J connectivity index is 1.97. The number of rotatable bonds is 2. The molecule has 0 atom stereocenters. The standard InChI is InChI=1S/C8H12N4O/c1-12-7(2-3-10-12)11-8(13)6-4-9-5-6/h2-3,6,9H,4-5H2,1H3,(H,11,13). The second kappa shape index (κ2) is 3.18. The summed E-state index contributed by atoms with van der Waals surface area (Å²) in [6.07, 6.45) is 1.66. The molecule has 1 aliphatic rings. The van der Waals surface area contributed by atoms with Crippen LogP contribution in [0.15, 0.2) is 12.3 Å². The summed E-state index contributed by atoms with van der Waals surface area (Å²) in [5, 5.41) is 9.83. The van der Waals surface area contributed by atoms with Gasteiger partial charge in [-0.3, -0.25) is 9.48 Å². The molecular weight excluding hydrogens is 168 g/mol. The van der Waals surface area contributed by atoms with Crippen LogP contribution in [0.1, 0.15) is 0 Å². The molecule has 0 unspecified atom stereocenters. The number of carbonyl (C=O) groups is 1. The first-order valence-electron chi connectivity index (χ1n) is 4.27. The minimum atomic E-state index is 0.0716. The van der Waals surface area contributed by atoms with Gasteiger partial charge in [-0.2, -0.15) is 5.10 Å². The SMILES string of the molecule is Cn1nccc1NC(=O)C1CNC1. The molecule has 5 nitrogen and oxygen atoms in total. The van der Waals surface area contributed by atoms with Gasteiger partial charge in [0.15, 0.2) is 0 Å². The third-order valence-corrected chi connectivity index (χ3v) is 2.22. The lowest BCUT2D eigenvalue weighted by Crippen LogP contribution is -2.48. The molecule has 70 valence electrons. The summed E-state index contributed by atoms with van der Waals surface area (Å²) in [7, 11) is 1.80. The molecular formula is C8H12N4O. The van der Waals surface area contributed by atoms with Gasteiger partial charge >= 0.3 is 0 Å². The predicted molar refractivity (Wildman–Crippen MR) is 48.2 cm³/mol. The van der Waals surface area contributed by atoms with E-state index in [1.54, 1.807) is 24.0 Å². The highest BCUT2D eigenvalue weighted by Crippen LogP contribution is 2.09. The Morgan fingerprint density at radius 2 is 2.54 bits per heavy atom. The molecule has 0 bridgehead atoms. The first kappa shape index (κ1) is 8.25. The van der Waals surface area contributed by atoms with Crippen molar-refractivity contribution < 1.29 is 4.79 Å². The molecule has 2 rings (SSSR count). The molecule has 2 heterocycles. The zero-order valence-electron chi connectivity index (χ0n) is 7.45. The average Bonchev–Trinajstić information content (AvgIpc) is 2.32. The summed E-state index contributed by atoms with van der Waals surface area (Å²) in [5.41, 5.74) is 0. The van der Waals surface area contributed by atoms with Crippen molar-refractivity contribution in [2.45, 2.75) is 0 Å². The number of nitrogens with zero attached hydrogens (tertiary/aromatic N) is 2. The van der Waals surface area contributed by atoms with Crippen molar-refractivity contribution in [3.05, 3.63) is 12.3 Å². The molecule has 1 aromatic rings. The van der Waals surface area contributed by atoms with Crippen LogP contribution in [0.2, 0.25) is 0 Å². The maximum atomic E-state index is 11.5. The highest BCUT2D eigenvalue weighted by atomic mass is 16.2. The minimum absolute atomic E-state index is 0.0716. The van der Waals surface area contributed by atoms with Gasteiger partial charge in [0.25, 0.3) is 0 Å². The van der Waals surface area contributed by atoms with Crippen molar-refractivity contribution in [2.75, 3.05) is 18.4 Å². The zero-order valence-corrected chi connectivity index (χ0v) is 7.45. The van der Waals surface area contributed by atoms with Gasteiger partial charge in [0.2, 0.25) is 5.91 Å². The quantitative estimate of drug-likeness (QED) is 0.649. The fraction of sp³-hybridized carbons (Fsp3) is 0.500. The van der Waals surface area contributed by atoms with Crippen molar-refractivity contribution >= 4 is 11.7 Å². The van der Waals surface area contributed by atoms with E-state index in [0.29, 0.717) is 0 Å². The van der Waals surface area contributed by atoms with Gasteiger partial charge in [-0.05, 0) is 0 Å². The fourth-order valence-electron chi connectivity index (χ4n) is 1.20. The molecule has 1 saturated heterocycles. The highest BCUT2D eigenvalue weighted by molar-refractivity contribution is 5.92. The van der Waals surface area contributed by atoms with E-state index in [1.165, 1.54) is 0 Å². The predicted octanol–water partition coefficient (Wildman–Crippen LogP) is -0.422. The second-order valence-corrected chi connectivity index (χ2v) is 3.18. The number of nitrogens with one attached hydrogen (secondary N) is 2. The average molecular weight is 180 g/mol. The molecule has 1 aliphatic heterocycles. The van der Waals surface area contributed by atoms with Crippen LogP contribution in [-0.2, 0) is 11.8 Å². The largest absolute Gasteiger partial charge is 0.315 e. The van der Waals surface area contributed by atoms with E-state index in [1.807, 2.05) is 0 Å². The molecule has 1 amide bonds. The summed E-state index contributed by atoms with van der Waals surface area (Å²) < 4.78 is 1.64. The normalized spacial score (nSPS) is 16.7. The van der Waals surface area contributed by atoms with Crippen LogP contribution in [-0.4, -0.2) is 28.8 Å². The van der Waals surface area contributed by atoms with Crippen LogP contribution < -0.4 is 10.6 Å². The van der Waals surface area contributed by atoms with Gasteiger partial charge in [0.05, 0.1) is 12.1 Å². The molecule has 0 saturated carbocycles. The smallest absolute Gasteiger partial charge is 0.231 e. The molecule has 1 aromatic heterocycles. The van der Waals surface area contributed by atoms with Crippen LogP contribution in [0.3, 0.4) is 0 Å². The lowest BCUT2D eigenvalue weighted by atomic mass is 10.0. The van der Waals surface area contributed by atoms with E-state index >= 15 is 0 Å². The van der Waals surface area contributed by atoms with E-state index in [4.69, 9.17) is 0 Å². The monoisotopic (exact) mass is 180 g/mol. The molecule has 1 fully saturated rings. The first-order chi connectivity index (χ1) is 6.27. The molecule has 5 heteroatoms. The van der Waals surface area contributed by atoms with Crippen molar-refractivity contribution in [1.82, 2.24) is 15.1 Å². The summed E-state index contributed by atoms with van der Waals surface area (Å²) >= 11 is 0. The molecule has 0 radical (unpaired) electrons. The lowest BCUT2D eigenvalue weighted by Gasteiger charge is -2.25. The van der Waals surface area contributed by atoms with Crippen molar-refractivity contribution in [3.63, 3.8) is 0 Å². The Kier molecular flexibility index (Phi) is 2.02. The Labute approximate surface area is 76.1 Å². The number of anilines is 1. The molecule has 0 aliphatic carbocycles. The number of hydrogen-bond donors (Lipinski definition) is 2. The van der Waals surface area contributed by atoms with Gasteiger partial charge in [0.1, 0.15) is 5.82 Å². The summed E-state index contributed by atoms with van der Waals surface area (Å²) in [6.45, 7) is 1.56. The number of hydrogen-bond acceptors (Lipinski definition) is 3. The topological polar surface area (TPSA) is 59.0 Å². The van der Waals surface area contributed by atoms with E-state index in [0.717, 1.165) is 18.9 Å². The Morgan fingerprint density at radius 1 is 1.77 bits per heavy atom. The van der Waals surface area contributed by atoms with E-state index in [9.17, 15) is 4.79 Å². The third kappa shape index (κ3) is 1.55. The van der Waals surface area contributed by atoms with Crippen LogP contribution in [0.5, 0.6) is 0 Å². The van der Waals surface area contributed by atoms with Gasteiger partial charge < -0.3 is 10.6 Å². The third-order valence-electron chi connectivity index (χ3n) is 2.22. The summed E-state index contributed by atoms with van der Waals surface area (Å²) in [4.78, 5) is 11.5. The van der Waals surface area contributed by atoms with Gasteiger partial charge in [-0.1, -0.05) is 0 Å². The number of amides is 1. The van der Waals surface area contributed by atoms with Crippen LogP contribution in [0, 0.1) is 5.92 Å². The van der Waals surface area contributed by atoms with Gasteiger partial charge in [0, 0.05) is 26.2 Å². The summed E-state index contributed by atoms with van der Waals surface area (Å²) in [6, 6.07) is 1.78. The molecule has 13 heavy (non-hydrogen) atoms. The van der Waals surface area contributed by atoms with Crippen molar-refractivity contribution in [2.24, 2.45) is 13.0 Å². The number of aromatic nitrogens is 2. The number of carbonyl (C=O) groups excluding carboxylic acids is 1. The zero-order chi connectivity index (χ0) is 9.26. The van der Waals surface area contributed by atoms with Gasteiger partial charge in [-0.25, -0.2) is 0 Å². The van der Waals surface area contributed by atoms with E-state index in [-0.39, 0.29) is 11.8 Å². The Hall–Kier alpha value is -1.36. The maximum Gasteiger partial charge on any atom is 0.231 e. The minimum Gasteiger partial charge on any atom is -0.315 e. The van der Waals surface area contributed by atoms with Crippen molar-refractivity contribution in [3.8, 4) is 0 Å². The first-order valence-corrected chi connectivity index (χ1v) is 4.27. The van der Waals surface area contributed by atoms with E-state index in [2.05, 4.69) is 15.7 Å². The van der Waals surface area contributed by atoms with Crippen LogP contribution in [0.25, 0.3) is 0 Å². The van der Waals surface area contributed by atoms with Crippen molar-refractivity contribution in [1.29, 1.82) is 0 Å². The van der Waals surface area contributed by atoms with Gasteiger partial charge in [-0.15, -0.1) is 0 Å².